The largest absolute Gasteiger partial charge is 0.502 e. The van der Waals surface area contributed by atoms with Gasteiger partial charge in [-0.15, -0.1) is 0 Å². The van der Waals surface area contributed by atoms with Gasteiger partial charge >= 0.3 is 0 Å². The standard InChI is InChI=1S/C21H22N2O5S/c1-26-10-9-23-20(25)18(29-21(23)22-15-7-5-4-6-8-15)13-14-11-16(27-2)19(24)17(12-14)28-3/h4-8,11-13,24H,9-10H2,1-3H3. The Hall–Kier alpha value is -2.97. The summed E-state index contributed by atoms with van der Waals surface area (Å²) in [5.41, 5.74) is 1.43. The first-order chi connectivity index (χ1) is 14.1. The van der Waals surface area contributed by atoms with Gasteiger partial charge in [-0.05, 0) is 47.7 Å². The minimum atomic E-state index is -0.160. The van der Waals surface area contributed by atoms with E-state index in [1.165, 1.54) is 26.0 Å². The molecule has 2 aromatic rings. The van der Waals surface area contributed by atoms with Crippen molar-refractivity contribution in [2.45, 2.75) is 0 Å². The van der Waals surface area contributed by atoms with Gasteiger partial charge in [-0.25, -0.2) is 4.99 Å². The first-order valence-corrected chi connectivity index (χ1v) is 9.68. The molecular formula is C21H22N2O5S. The number of para-hydroxylation sites is 1. The Bertz CT molecular complexity index is 918. The number of thioether (sulfide) groups is 1. The van der Waals surface area contributed by atoms with Crippen LogP contribution in [0.3, 0.4) is 0 Å². The molecule has 1 heterocycles. The predicted octanol–water partition coefficient (Wildman–Crippen LogP) is 3.66. The molecule has 0 atom stereocenters. The summed E-state index contributed by atoms with van der Waals surface area (Å²) >= 11 is 1.29. The van der Waals surface area contributed by atoms with Crippen molar-refractivity contribution in [1.82, 2.24) is 4.90 Å². The van der Waals surface area contributed by atoms with Crippen molar-refractivity contribution >= 4 is 34.6 Å². The molecule has 1 fully saturated rings. The molecule has 1 amide bonds. The quantitative estimate of drug-likeness (QED) is 0.697. The number of aliphatic imine (C=N–C) groups is 1. The van der Waals surface area contributed by atoms with Crippen LogP contribution in [0.4, 0.5) is 5.69 Å². The predicted molar refractivity (Wildman–Crippen MR) is 114 cm³/mol. The molecule has 1 aliphatic heterocycles. The van der Waals surface area contributed by atoms with Gasteiger partial charge in [0.15, 0.2) is 16.7 Å². The van der Waals surface area contributed by atoms with Gasteiger partial charge in [0, 0.05) is 7.11 Å². The second-order valence-corrected chi connectivity index (χ2v) is 7.07. The number of phenolic OH excluding ortho intramolecular Hbond substituents is 1. The summed E-state index contributed by atoms with van der Waals surface area (Å²) < 4.78 is 15.5. The molecular weight excluding hydrogens is 392 g/mol. The Morgan fingerprint density at radius 1 is 1.10 bits per heavy atom. The monoisotopic (exact) mass is 414 g/mol. The number of rotatable bonds is 7. The number of phenols is 1. The minimum Gasteiger partial charge on any atom is -0.502 e. The number of carbonyl (C=O) groups excluding carboxylic acids is 1. The summed E-state index contributed by atoms with van der Waals surface area (Å²) in [5, 5.41) is 10.7. The molecule has 152 valence electrons. The van der Waals surface area contributed by atoms with Gasteiger partial charge in [0.05, 0.1) is 38.0 Å². The lowest BCUT2D eigenvalue weighted by Gasteiger charge is -2.14. The molecule has 0 aromatic heterocycles. The molecule has 0 aliphatic carbocycles. The van der Waals surface area contributed by atoms with Gasteiger partial charge < -0.3 is 19.3 Å². The Labute approximate surface area is 173 Å². The SMILES string of the molecule is COCCN1C(=O)C(=Cc2cc(OC)c(O)c(OC)c2)SC1=Nc1ccccc1. The van der Waals surface area contributed by atoms with Gasteiger partial charge in [0.1, 0.15) is 0 Å². The van der Waals surface area contributed by atoms with Gasteiger partial charge in [-0.3, -0.25) is 9.69 Å². The van der Waals surface area contributed by atoms with Crippen LogP contribution in [0, 0.1) is 0 Å². The first kappa shape index (κ1) is 20.8. The van der Waals surface area contributed by atoms with Crippen LogP contribution in [0.25, 0.3) is 6.08 Å². The second-order valence-electron chi connectivity index (χ2n) is 6.06. The third kappa shape index (κ3) is 4.72. The number of benzene rings is 2. The smallest absolute Gasteiger partial charge is 0.266 e. The van der Waals surface area contributed by atoms with Crippen LogP contribution in [-0.4, -0.2) is 55.6 Å². The molecule has 3 rings (SSSR count). The van der Waals surface area contributed by atoms with Crippen molar-refractivity contribution in [3.8, 4) is 17.2 Å². The van der Waals surface area contributed by atoms with Crippen LogP contribution in [0.5, 0.6) is 17.2 Å². The van der Waals surface area contributed by atoms with E-state index in [0.717, 1.165) is 5.69 Å². The van der Waals surface area contributed by atoms with Crippen molar-refractivity contribution in [1.29, 1.82) is 0 Å². The minimum absolute atomic E-state index is 0.0874. The van der Waals surface area contributed by atoms with Gasteiger partial charge in [-0.2, -0.15) is 0 Å². The summed E-state index contributed by atoms with van der Waals surface area (Å²) in [6.07, 6.45) is 1.73. The van der Waals surface area contributed by atoms with E-state index < -0.39 is 0 Å². The average molecular weight is 414 g/mol. The molecule has 1 N–H and O–H groups in total. The number of nitrogens with zero attached hydrogens (tertiary/aromatic N) is 2. The summed E-state index contributed by atoms with van der Waals surface area (Å²) in [5.74, 6) is 0.283. The molecule has 0 radical (unpaired) electrons. The summed E-state index contributed by atoms with van der Waals surface area (Å²) in [6, 6.07) is 12.7. The van der Waals surface area contributed by atoms with Crippen molar-refractivity contribution in [3.05, 3.63) is 52.9 Å². The fraction of sp³-hybridized carbons (Fsp3) is 0.238. The molecule has 29 heavy (non-hydrogen) atoms. The van der Waals surface area contributed by atoms with Gasteiger partial charge in [0.25, 0.3) is 5.91 Å². The Morgan fingerprint density at radius 3 is 2.34 bits per heavy atom. The third-order valence-electron chi connectivity index (χ3n) is 4.19. The molecule has 1 aliphatic rings. The zero-order chi connectivity index (χ0) is 20.8. The number of ether oxygens (including phenoxy) is 3. The molecule has 0 saturated carbocycles. The number of methoxy groups -OCH3 is 3. The number of hydrogen-bond acceptors (Lipinski definition) is 7. The second kappa shape index (κ2) is 9.49. The summed E-state index contributed by atoms with van der Waals surface area (Å²) in [4.78, 5) is 19.7. The van der Waals surface area contributed by atoms with Crippen molar-refractivity contribution in [2.75, 3.05) is 34.5 Å². The van der Waals surface area contributed by atoms with E-state index in [-0.39, 0.29) is 23.2 Å². The zero-order valence-electron chi connectivity index (χ0n) is 16.4. The molecule has 0 bridgehead atoms. The lowest BCUT2D eigenvalue weighted by Crippen LogP contribution is -2.32. The van der Waals surface area contributed by atoms with Crippen LogP contribution in [0.2, 0.25) is 0 Å². The van der Waals surface area contributed by atoms with E-state index in [9.17, 15) is 9.90 Å². The fourth-order valence-electron chi connectivity index (χ4n) is 2.73. The van der Waals surface area contributed by atoms with Crippen molar-refractivity contribution < 1.29 is 24.1 Å². The van der Waals surface area contributed by atoms with Crippen LogP contribution in [-0.2, 0) is 9.53 Å². The van der Waals surface area contributed by atoms with Crippen molar-refractivity contribution in [2.24, 2.45) is 4.99 Å². The van der Waals surface area contributed by atoms with Crippen LogP contribution in [0.1, 0.15) is 5.56 Å². The molecule has 7 nitrogen and oxygen atoms in total. The zero-order valence-corrected chi connectivity index (χ0v) is 17.2. The van der Waals surface area contributed by atoms with E-state index in [1.54, 1.807) is 30.2 Å². The molecule has 1 saturated heterocycles. The number of carbonyl (C=O) groups is 1. The third-order valence-corrected chi connectivity index (χ3v) is 5.19. The maximum atomic E-state index is 13.0. The normalized spacial score (nSPS) is 16.7. The highest BCUT2D eigenvalue weighted by Crippen LogP contribution is 2.39. The summed E-state index contributed by atoms with van der Waals surface area (Å²) in [6.45, 7) is 0.793. The Balaban J connectivity index is 1.98. The number of hydrogen-bond donors (Lipinski definition) is 1. The number of amides is 1. The maximum absolute atomic E-state index is 13.0. The topological polar surface area (TPSA) is 80.6 Å². The molecule has 0 unspecified atom stereocenters. The van der Waals surface area contributed by atoms with E-state index in [2.05, 4.69) is 4.99 Å². The molecule has 0 spiro atoms. The average Bonchev–Trinajstić information content (AvgIpc) is 3.02. The highest BCUT2D eigenvalue weighted by atomic mass is 32.2. The fourth-order valence-corrected chi connectivity index (χ4v) is 3.76. The van der Waals surface area contributed by atoms with Crippen LogP contribution >= 0.6 is 11.8 Å². The van der Waals surface area contributed by atoms with Gasteiger partial charge in [0.2, 0.25) is 5.75 Å². The van der Waals surface area contributed by atoms with Crippen molar-refractivity contribution in [3.63, 3.8) is 0 Å². The highest BCUT2D eigenvalue weighted by Gasteiger charge is 2.33. The first-order valence-electron chi connectivity index (χ1n) is 8.86. The Morgan fingerprint density at radius 2 is 1.76 bits per heavy atom. The Kier molecular flexibility index (Phi) is 6.79. The van der Waals surface area contributed by atoms with Crippen LogP contribution in [0.15, 0.2) is 52.4 Å². The van der Waals surface area contributed by atoms with E-state index in [0.29, 0.717) is 28.8 Å². The summed E-state index contributed by atoms with van der Waals surface area (Å²) in [7, 11) is 4.50. The lowest BCUT2D eigenvalue weighted by atomic mass is 10.1. The maximum Gasteiger partial charge on any atom is 0.266 e. The molecule has 8 heteroatoms. The molecule has 2 aromatic carbocycles. The van der Waals surface area contributed by atoms with E-state index in [1.807, 2.05) is 30.3 Å². The highest BCUT2D eigenvalue weighted by molar-refractivity contribution is 8.18. The van der Waals surface area contributed by atoms with Crippen LogP contribution < -0.4 is 9.47 Å². The number of aromatic hydroxyl groups is 1. The number of amidine groups is 1. The lowest BCUT2D eigenvalue weighted by molar-refractivity contribution is -0.122. The van der Waals surface area contributed by atoms with E-state index in [4.69, 9.17) is 14.2 Å². The van der Waals surface area contributed by atoms with Gasteiger partial charge in [-0.1, -0.05) is 18.2 Å². The van der Waals surface area contributed by atoms with E-state index >= 15 is 0 Å².